The van der Waals surface area contributed by atoms with Crippen molar-refractivity contribution >= 4 is 23.4 Å². The van der Waals surface area contributed by atoms with Crippen LogP contribution >= 0.6 is 11.6 Å². The average Bonchev–Trinajstić information content (AvgIpc) is 3.33. The van der Waals surface area contributed by atoms with Gasteiger partial charge in [-0.15, -0.1) is 0 Å². The molecule has 0 aliphatic carbocycles. The Hall–Kier alpha value is -2.53. The first-order valence-electron chi connectivity index (χ1n) is 10.7. The van der Waals surface area contributed by atoms with E-state index in [1.165, 1.54) is 0 Å². The molecule has 0 N–H and O–H groups in total. The number of halogens is 1. The van der Waals surface area contributed by atoms with E-state index in [4.69, 9.17) is 16.3 Å². The fraction of sp³-hybridized carbons (Fsp3) is 0.417. The summed E-state index contributed by atoms with van der Waals surface area (Å²) in [6.07, 6.45) is 4.03. The van der Waals surface area contributed by atoms with Crippen LogP contribution in [0.3, 0.4) is 0 Å². The van der Waals surface area contributed by atoms with Gasteiger partial charge in [0.2, 0.25) is 0 Å². The Morgan fingerprint density at radius 3 is 1.87 bits per heavy atom. The molecule has 0 unspecified atom stereocenters. The summed E-state index contributed by atoms with van der Waals surface area (Å²) < 4.78 is 5.96. The summed E-state index contributed by atoms with van der Waals surface area (Å²) in [5.41, 5.74) is 1.40. The SMILES string of the molecule is O=C(c1ccc(OCC2CCN(C(=O)c3ccc(Cl)cc3)CC2)cc1)N1CCCC1. The maximum atomic E-state index is 12.6. The number of hydrogen-bond donors (Lipinski definition) is 0. The van der Waals surface area contributed by atoms with E-state index in [0.29, 0.717) is 23.1 Å². The highest BCUT2D eigenvalue weighted by molar-refractivity contribution is 6.30. The number of carbonyl (C=O) groups excluding carboxylic acids is 2. The molecule has 2 aliphatic heterocycles. The maximum absolute atomic E-state index is 12.6. The lowest BCUT2D eigenvalue weighted by molar-refractivity contribution is 0.0660. The number of ether oxygens (including phenoxy) is 1. The zero-order chi connectivity index (χ0) is 20.9. The van der Waals surface area contributed by atoms with Gasteiger partial charge >= 0.3 is 0 Å². The molecule has 30 heavy (non-hydrogen) atoms. The number of amides is 2. The summed E-state index contributed by atoms with van der Waals surface area (Å²) in [6.45, 7) is 3.81. The van der Waals surface area contributed by atoms with Crippen molar-refractivity contribution in [2.45, 2.75) is 25.7 Å². The van der Waals surface area contributed by atoms with Crippen LogP contribution in [-0.2, 0) is 0 Å². The van der Waals surface area contributed by atoms with E-state index in [-0.39, 0.29) is 11.8 Å². The topological polar surface area (TPSA) is 49.9 Å². The molecule has 2 aromatic carbocycles. The van der Waals surface area contributed by atoms with Gasteiger partial charge in [-0.25, -0.2) is 0 Å². The third-order valence-electron chi connectivity index (χ3n) is 5.97. The van der Waals surface area contributed by atoms with E-state index in [1.807, 2.05) is 34.1 Å². The molecule has 2 saturated heterocycles. The second-order valence-corrected chi connectivity index (χ2v) is 8.51. The van der Waals surface area contributed by atoms with Crippen LogP contribution in [0.25, 0.3) is 0 Å². The Labute approximate surface area is 182 Å². The molecule has 0 aromatic heterocycles. The lowest BCUT2D eigenvalue weighted by atomic mass is 9.97. The maximum Gasteiger partial charge on any atom is 0.253 e. The van der Waals surface area contributed by atoms with Crippen LogP contribution in [0.4, 0.5) is 0 Å². The van der Waals surface area contributed by atoms with Gasteiger partial charge in [0.05, 0.1) is 6.61 Å². The predicted molar refractivity (Wildman–Crippen MR) is 117 cm³/mol. The summed E-state index contributed by atoms with van der Waals surface area (Å²) in [6, 6.07) is 14.5. The standard InChI is InChI=1S/C24H27ClN2O3/c25-21-7-3-19(4-8-21)24(29)27-15-11-18(12-16-27)17-30-22-9-5-20(6-10-22)23(28)26-13-1-2-14-26/h3-10,18H,1-2,11-17H2. The van der Waals surface area contributed by atoms with Gasteiger partial charge in [-0.3, -0.25) is 9.59 Å². The lowest BCUT2D eigenvalue weighted by Crippen LogP contribution is -2.39. The first kappa shape index (κ1) is 20.7. The van der Waals surface area contributed by atoms with Gasteiger partial charge in [-0.05, 0) is 80.1 Å². The third-order valence-corrected chi connectivity index (χ3v) is 6.23. The van der Waals surface area contributed by atoms with Crippen molar-refractivity contribution in [2.24, 2.45) is 5.92 Å². The summed E-state index contributed by atoms with van der Waals surface area (Å²) in [7, 11) is 0. The molecule has 6 heteroatoms. The summed E-state index contributed by atoms with van der Waals surface area (Å²) in [4.78, 5) is 28.8. The van der Waals surface area contributed by atoms with Crippen molar-refractivity contribution in [3.63, 3.8) is 0 Å². The minimum atomic E-state index is 0.0595. The van der Waals surface area contributed by atoms with E-state index >= 15 is 0 Å². The van der Waals surface area contributed by atoms with E-state index in [1.54, 1.807) is 24.3 Å². The van der Waals surface area contributed by atoms with Crippen LogP contribution < -0.4 is 4.74 Å². The van der Waals surface area contributed by atoms with Gasteiger partial charge in [0, 0.05) is 42.3 Å². The minimum Gasteiger partial charge on any atom is -0.493 e. The Kier molecular flexibility index (Phi) is 6.58. The minimum absolute atomic E-state index is 0.0595. The fourth-order valence-electron chi connectivity index (χ4n) is 4.09. The molecule has 4 rings (SSSR count). The number of rotatable bonds is 5. The van der Waals surface area contributed by atoms with Gasteiger partial charge in [-0.1, -0.05) is 11.6 Å². The highest BCUT2D eigenvalue weighted by Gasteiger charge is 2.24. The first-order chi connectivity index (χ1) is 14.6. The summed E-state index contributed by atoms with van der Waals surface area (Å²) in [5, 5.41) is 0.635. The van der Waals surface area contributed by atoms with Crippen molar-refractivity contribution in [3.8, 4) is 5.75 Å². The number of hydrogen-bond acceptors (Lipinski definition) is 3. The molecule has 2 aromatic rings. The second-order valence-electron chi connectivity index (χ2n) is 8.08. The van der Waals surface area contributed by atoms with Crippen LogP contribution in [-0.4, -0.2) is 54.4 Å². The molecule has 2 heterocycles. The Morgan fingerprint density at radius 2 is 1.30 bits per heavy atom. The zero-order valence-corrected chi connectivity index (χ0v) is 17.8. The van der Waals surface area contributed by atoms with Crippen LogP contribution in [0, 0.1) is 5.92 Å². The fourth-order valence-corrected chi connectivity index (χ4v) is 4.21. The van der Waals surface area contributed by atoms with Gasteiger partial charge < -0.3 is 14.5 Å². The number of nitrogens with zero attached hydrogens (tertiary/aromatic N) is 2. The van der Waals surface area contributed by atoms with Crippen molar-refractivity contribution in [1.82, 2.24) is 9.80 Å². The predicted octanol–water partition coefficient (Wildman–Crippen LogP) is 4.51. The van der Waals surface area contributed by atoms with Crippen LogP contribution in [0.5, 0.6) is 5.75 Å². The average molecular weight is 427 g/mol. The highest BCUT2D eigenvalue weighted by atomic mass is 35.5. The molecular formula is C24H27ClN2O3. The Balaban J connectivity index is 1.23. The Morgan fingerprint density at radius 1 is 0.800 bits per heavy atom. The number of benzene rings is 2. The summed E-state index contributed by atoms with van der Waals surface area (Å²) >= 11 is 5.90. The molecule has 0 spiro atoms. The van der Waals surface area contributed by atoms with Gasteiger partial charge in [-0.2, -0.15) is 0 Å². The van der Waals surface area contributed by atoms with E-state index < -0.39 is 0 Å². The molecule has 158 valence electrons. The largest absolute Gasteiger partial charge is 0.493 e. The molecule has 2 aliphatic rings. The van der Waals surface area contributed by atoms with Gasteiger partial charge in [0.1, 0.15) is 5.75 Å². The van der Waals surface area contributed by atoms with E-state index in [2.05, 4.69) is 0 Å². The second kappa shape index (κ2) is 9.52. The quantitative estimate of drug-likeness (QED) is 0.706. The Bertz CT molecular complexity index is 868. The molecule has 2 fully saturated rings. The molecule has 5 nitrogen and oxygen atoms in total. The molecule has 0 saturated carbocycles. The molecular weight excluding hydrogens is 400 g/mol. The molecule has 0 atom stereocenters. The van der Waals surface area contributed by atoms with Crippen molar-refractivity contribution in [3.05, 3.63) is 64.7 Å². The number of carbonyl (C=O) groups is 2. The first-order valence-corrected chi connectivity index (χ1v) is 11.0. The van der Waals surface area contributed by atoms with Gasteiger partial charge in [0.25, 0.3) is 11.8 Å². The third kappa shape index (κ3) is 4.96. The molecule has 2 amide bonds. The van der Waals surface area contributed by atoms with E-state index in [9.17, 15) is 9.59 Å². The molecule has 0 bridgehead atoms. The van der Waals surface area contributed by atoms with Crippen LogP contribution in [0.1, 0.15) is 46.4 Å². The summed E-state index contributed by atoms with van der Waals surface area (Å²) in [5.74, 6) is 1.37. The monoisotopic (exact) mass is 426 g/mol. The van der Waals surface area contributed by atoms with Gasteiger partial charge in [0.15, 0.2) is 0 Å². The highest BCUT2D eigenvalue weighted by Crippen LogP contribution is 2.22. The van der Waals surface area contributed by atoms with Crippen molar-refractivity contribution in [2.75, 3.05) is 32.8 Å². The molecule has 0 radical (unpaired) electrons. The number of piperidine rings is 1. The normalized spacial score (nSPS) is 17.2. The van der Waals surface area contributed by atoms with Crippen molar-refractivity contribution < 1.29 is 14.3 Å². The van der Waals surface area contributed by atoms with Crippen molar-refractivity contribution in [1.29, 1.82) is 0 Å². The number of likely N-dealkylation sites (tertiary alicyclic amines) is 2. The lowest BCUT2D eigenvalue weighted by Gasteiger charge is -2.32. The van der Waals surface area contributed by atoms with E-state index in [0.717, 1.165) is 63.2 Å². The zero-order valence-electron chi connectivity index (χ0n) is 17.1. The smallest absolute Gasteiger partial charge is 0.253 e. The van der Waals surface area contributed by atoms with Crippen LogP contribution in [0.2, 0.25) is 5.02 Å². The van der Waals surface area contributed by atoms with Crippen LogP contribution in [0.15, 0.2) is 48.5 Å².